The van der Waals surface area contributed by atoms with Crippen LogP contribution in [0.25, 0.3) is 0 Å². The molecule has 2 rings (SSSR count). The Morgan fingerprint density at radius 2 is 1.46 bits per heavy atom. The van der Waals surface area contributed by atoms with Crippen LogP contribution in [-0.2, 0) is 20.8 Å². The summed E-state index contributed by atoms with van der Waals surface area (Å²) in [5.41, 5.74) is 3.68. The number of esters is 1. The van der Waals surface area contributed by atoms with E-state index in [4.69, 9.17) is 14.2 Å². The predicted molar refractivity (Wildman–Crippen MR) is 162 cm³/mol. The molecular formula is C33H54NO4S+. The second-order valence-corrected chi connectivity index (χ2v) is 11.5. The molecule has 0 aliphatic heterocycles. The molecule has 1 aromatic carbocycles. The molecule has 1 unspecified atom stereocenters. The minimum atomic E-state index is -0.327. The van der Waals surface area contributed by atoms with Crippen LogP contribution in [0, 0.1) is 0 Å². The largest absolute Gasteiger partial charge is 0.459 e. The summed E-state index contributed by atoms with van der Waals surface area (Å²) in [6.45, 7) is 4.38. The molecule has 0 N–H and O–H groups in total. The highest BCUT2D eigenvalue weighted by molar-refractivity contribution is 7.07. The van der Waals surface area contributed by atoms with Crippen LogP contribution < -0.4 is 4.57 Å². The van der Waals surface area contributed by atoms with Crippen LogP contribution in [0.1, 0.15) is 126 Å². The molecule has 0 saturated heterocycles. The van der Waals surface area contributed by atoms with E-state index < -0.39 is 0 Å². The molecule has 0 radical (unpaired) electrons. The number of rotatable bonds is 25. The van der Waals surface area contributed by atoms with E-state index in [-0.39, 0.29) is 18.7 Å². The molecule has 39 heavy (non-hydrogen) atoms. The Bertz CT molecular complexity index is 842. The molecule has 6 heteroatoms. The lowest BCUT2D eigenvalue weighted by atomic mass is 10.0. The molecule has 1 heterocycles. The number of unbranched alkanes of at least 4 members (excludes halogenated alkanes) is 15. The number of benzene rings is 1. The maximum atomic E-state index is 12.5. The van der Waals surface area contributed by atoms with Crippen molar-refractivity contribution in [2.24, 2.45) is 0 Å². The Kier molecular flexibility index (Phi) is 19.7. The number of hydrogen-bond acceptors (Lipinski definition) is 5. The van der Waals surface area contributed by atoms with Crippen LogP contribution in [0.5, 0.6) is 0 Å². The second-order valence-electron chi connectivity index (χ2n) is 10.7. The van der Waals surface area contributed by atoms with Crippen molar-refractivity contribution in [2.75, 3.05) is 26.9 Å². The van der Waals surface area contributed by atoms with Crippen LogP contribution in [0.3, 0.4) is 0 Å². The summed E-state index contributed by atoms with van der Waals surface area (Å²) in [4.78, 5) is 12.5. The summed E-state index contributed by atoms with van der Waals surface area (Å²) in [7, 11) is 1.63. The molecule has 0 aliphatic rings. The van der Waals surface area contributed by atoms with Crippen LogP contribution >= 0.6 is 11.3 Å². The van der Waals surface area contributed by atoms with Gasteiger partial charge in [0.1, 0.15) is 12.7 Å². The van der Waals surface area contributed by atoms with Gasteiger partial charge < -0.3 is 14.2 Å². The third-order valence-corrected chi connectivity index (χ3v) is 7.91. The molecule has 0 amide bonds. The van der Waals surface area contributed by atoms with Gasteiger partial charge >= 0.3 is 5.97 Å². The minimum absolute atomic E-state index is 0.192. The molecule has 2 aromatic rings. The number of carbonyl (C=O) groups is 1. The molecular weight excluding hydrogens is 506 g/mol. The highest BCUT2D eigenvalue weighted by Gasteiger charge is 2.14. The highest BCUT2D eigenvalue weighted by atomic mass is 32.1. The average molecular weight is 561 g/mol. The van der Waals surface area contributed by atoms with Gasteiger partial charge in [0.05, 0.1) is 17.6 Å². The Balaban J connectivity index is 1.41. The third-order valence-electron chi connectivity index (χ3n) is 7.23. The van der Waals surface area contributed by atoms with E-state index >= 15 is 0 Å². The first-order chi connectivity index (χ1) is 19.2. The summed E-state index contributed by atoms with van der Waals surface area (Å²) >= 11 is 1.65. The van der Waals surface area contributed by atoms with Crippen molar-refractivity contribution < 1.29 is 23.6 Å². The zero-order valence-corrected chi connectivity index (χ0v) is 25.6. The van der Waals surface area contributed by atoms with Gasteiger partial charge in [-0.05, 0) is 18.6 Å². The Labute approximate surface area is 242 Å². The van der Waals surface area contributed by atoms with Crippen molar-refractivity contribution in [1.29, 1.82) is 0 Å². The number of carbonyl (C=O) groups excluding carboxylic acids is 1. The van der Waals surface area contributed by atoms with Crippen LogP contribution in [0.4, 0.5) is 0 Å². The normalized spacial score (nSPS) is 12.1. The van der Waals surface area contributed by atoms with Crippen molar-refractivity contribution in [2.45, 2.75) is 122 Å². The average Bonchev–Trinajstić information content (AvgIpc) is 3.47. The summed E-state index contributed by atoms with van der Waals surface area (Å²) in [6, 6.07) is 7.60. The van der Waals surface area contributed by atoms with E-state index in [1.165, 1.54) is 96.3 Å². The Morgan fingerprint density at radius 1 is 0.846 bits per heavy atom. The standard InChI is InChI=1S/C33H54NO4S/c1-3-4-5-6-7-8-9-10-11-12-13-14-15-16-17-18-23-37-27-32(36-2)28-38-33(35)31-21-19-20-30(25-31)26-34-22-24-39-29-34/h19-22,24-25,29,32H,3-18,23,26-28H2,1-2H3/q+1. The van der Waals surface area contributed by atoms with Crippen LogP contribution in [-0.4, -0.2) is 39.0 Å². The molecule has 0 aliphatic carbocycles. The summed E-state index contributed by atoms with van der Waals surface area (Å²) < 4.78 is 18.9. The molecule has 220 valence electrons. The molecule has 0 saturated carbocycles. The van der Waals surface area contributed by atoms with Crippen LogP contribution in [0.15, 0.2) is 41.4 Å². The van der Waals surface area contributed by atoms with Gasteiger partial charge in [-0.1, -0.05) is 127 Å². The zero-order valence-electron chi connectivity index (χ0n) is 24.7. The number of hydrogen-bond donors (Lipinski definition) is 0. The lowest BCUT2D eigenvalue weighted by molar-refractivity contribution is -0.683. The van der Waals surface area contributed by atoms with Gasteiger partial charge in [0.25, 0.3) is 0 Å². The lowest BCUT2D eigenvalue weighted by Gasteiger charge is -2.16. The molecule has 1 aromatic heterocycles. The molecule has 0 fully saturated rings. The fourth-order valence-corrected chi connectivity index (χ4v) is 5.36. The summed E-state index contributed by atoms with van der Waals surface area (Å²) in [6.07, 6.45) is 23.6. The number of ether oxygens (including phenoxy) is 3. The molecule has 0 bridgehead atoms. The van der Waals surface area contributed by atoms with Gasteiger partial charge in [-0.3, -0.25) is 0 Å². The van der Waals surface area contributed by atoms with Gasteiger partial charge in [-0.15, -0.1) is 0 Å². The molecule has 1 atom stereocenters. The Hall–Kier alpha value is -1.76. The fourth-order valence-electron chi connectivity index (χ4n) is 4.76. The van der Waals surface area contributed by atoms with Gasteiger partial charge in [0, 0.05) is 19.3 Å². The number of aromatic nitrogens is 1. The first-order valence-corrected chi connectivity index (χ1v) is 16.4. The number of nitrogens with zero attached hydrogens (tertiary/aromatic N) is 1. The van der Waals surface area contributed by atoms with Crippen molar-refractivity contribution in [3.05, 3.63) is 52.5 Å². The summed E-state index contributed by atoms with van der Waals surface area (Å²) in [5.74, 6) is -0.327. The van der Waals surface area contributed by atoms with Crippen molar-refractivity contribution >= 4 is 17.3 Å². The smallest absolute Gasteiger partial charge is 0.338 e. The quantitative estimate of drug-likeness (QED) is 0.0693. The monoisotopic (exact) mass is 560 g/mol. The van der Waals surface area contributed by atoms with E-state index in [0.29, 0.717) is 12.2 Å². The van der Waals surface area contributed by atoms with Crippen molar-refractivity contribution in [3.8, 4) is 0 Å². The van der Waals surface area contributed by atoms with Gasteiger partial charge in [-0.25, -0.2) is 4.79 Å². The maximum absolute atomic E-state index is 12.5. The maximum Gasteiger partial charge on any atom is 0.338 e. The van der Waals surface area contributed by atoms with E-state index in [1.807, 2.05) is 35.3 Å². The lowest BCUT2D eigenvalue weighted by Crippen LogP contribution is -2.30. The van der Waals surface area contributed by atoms with Gasteiger partial charge in [-0.2, -0.15) is 4.57 Å². The molecule has 0 spiro atoms. The van der Waals surface area contributed by atoms with Crippen molar-refractivity contribution in [3.63, 3.8) is 0 Å². The first kappa shape index (κ1) is 33.4. The van der Waals surface area contributed by atoms with E-state index in [0.717, 1.165) is 25.1 Å². The first-order valence-electron chi connectivity index (χ1n) is 15.5. The number of methoxy groups -OCH3 is 1. The van der Waals surface area contributed by atoms with E-state index in [1.54, 1.807) is 24.5 Å². The SMILES string of the molecule is CCCCCCCCCCCCCCCCCCOCC(COC(=O)c1cccc(C[n+]2ccsc2)c1)OC. The van der Waals surface area contributed by atoms with E-state index in [2.05, 4.69) is 11.5 Å². The van der Waals surface area contributed by atoms with Crippen molar-refractivity contribution in [1.82, 2.24) is 0 Å². The van der Waals surface area contributed by atoms with E-state index in [9.17, 15) is 4.79 Å². The molecule has 5 nitrogen and oxygen atoms in total. The summed E-state index contributed by atoms with van der Waals surface area (Å²) in [5, 5.41) is 2.03. The highest BCUT2D eigenvalue weighted by Crippen LogP contribution is 2.14. The van der Waals surface area contributed by atoms with Gasteiger partial charge in [0.15, 0.2) is 12.7 Å². The van der Waals surface area contributed by atoms with Crippen LogP contribution in [0.2, 0.25) is 0 Å². The third kappa shape index (κ3) is 16.8. The Morgan fingerprint density at radius 3 is 2.03 bits per heavy atom. The zero-order chi connectivity index (χ0) is 27.8. The second kappa shape index (κ2) is 23.0. The van der Waals surface area contributed by atoms with Gasteiger partial charge in [0.2, 0.25) is 5.51 Å². The topological polar surface area (TPSA) is 48.6 Å². The number of thiazole rings is 1. The fraction of sp³-hybridized carbons (Fsp3) is 0.697. The minimum Gasteiger partial charge on any atom is -0.459 e. The predicted octanol–water partition coefficient (Wildman–Crippen LogP) is 8.53.